The maximum Gasteiger partial charge on any atom is 0.321 e. The summed E-state index contributed by atoms with van der Waals surface area (Å²) in [7, 11) is 1.61. The second-order valence-corrected chi connectivity index (χ2v) is 3.46. The van der Waals surface area contributed by atoms with Crippen molar-refractivity contribution in [3.63, 3.8) is 0 Å². The van der Waals surface area contributed by atoms with Crippen LogP contribution in [0.2, 0.25) is 0 Å². The number of nitrogens with zero attached hydrogens (tertiary/aromatic N) is 3. The number of aromatic nitrogens is 3. The normalized spacial score (nSPS) is 10.1. The Kier molecular flexibility index (Phi) is 3.57. The van der Waals surface area contributed by atoms with E-state index in [4.69, 9.17) is 15.2 Å². The predicted octanol–water partition coefficient (Wildman–Crippen LogP) is 1.53. The molecular weight excluding hydrogens is 232 g/mol. The molecule has 6 heteroatoms. The Bertz CT molecular complexity index is 528. The van der Waals surface area contributed by atoms with Crippen LogP contribution in [0.15, 0.2) is 24.3 Å². The van der Waals surface area contributed by atoms with Crippen molar-refractivity contribution in [3.05, 3.63) is 24.3 Å². The summed E-state index contributed by atoms with van der Waals surface area (Å²) in [6.45, 7) is 2.33. The van der Waals surface area contributed by atoms with Gasteiger partial charge < -0.3 is 15.2 Å². The molecule has 0 unspecified atom stereocenters. The monoisotopic (exact) mass is 246 g/mol. The van der Waals surface area contributed by atoms with Crippen molar-refractivity contribution in [2.24, 2.45) is 0 Å². The van der Waals surface area contributed by atoms with Gasteiger partial charge in [0, 0.05) is 5.56 Å². The molecule has 0 aliphatic carbocycles. The number of hydrogen-bond donors (Lipinski definition) is 1. The van der Waals surface area contributed by atoms with Crippen LogP contribution in [0.25, 0.3) is 11.4 Å². The van der Waals surface area contributed by atoms with E-state index in [-0.39, 0.29) is 12.0 Å². The first-order valence-electron chi connectivity index (χ1n) is 5.51. The number of anilines is 1. The lowest BCUT2D eigenvalue weighted by Gasteiger charge is -2.05. The van der Waals surface area contributed by atoms with E-state index >= 15 is 0 Å². The van der Waals surface area contributed by atoms with E-state index in [1.807, 2.05) is 31.2 Å². The van der Waals surface area contributed by atoms with Crippen molar-refractivity contribution < 1.29 is 9.47 Å². The molecule has 2 rings (SSSR count). The summed E-state index contributed by atoms with van der Waals surface area (Å²) < 4.78 is 10.3. The molecule has 1 aromatic heterocycles. The number of rotatable bonds is 4. The highest BCUT2D eigenvalue weighted by molar-refractivity contribution is 5.57. The molecule has 0 amide bonds. The highest BCUT2D eigenvalue weighted by atomic mass is 16.5. The number of methoxy groups -OCH3 is 1. The summed E-state index contributed by atoms with van der Waals surface area (Å²) >= 11 is 0. The third-order valence-corrected chi connectivity index (χ3v) is 2.25. The topological polar surface area (TPSA) is 83.2 Å². The summed E-state index contributed by atoms with van der Waals surface area (Å²) in [5.41, 5.74) is 6.44. The van der Waals surface area contributed by atoms with Crippen LogP contribution in [0, 0.1) is 0 Å². The van der Waals surface area contributed by atoms with E-state index in [2.05, 4.69) is 15.0 Å². The largest absolute Gasteiger partial charge is 0.497 e. The maximum absolute atomic E-state index is 5.62. The summed E-state index contributed by atoms with van der Waals surface area (Å²) in [6, 6.07) is 7.59. The number of benzene rings is 1. The third kappa shape index (κ3) is 2.65. The Morgan fingerprint density at radius 1 is 1.11 bits per heavy atom. The molecule has 0 atom stereocenters. The molecule has 1 heterocycles. The van der Waals surface area contributed by atoms with E-state index in [0.717, 1.165) is 11.3 Å². The molecule has 2 N–H and O–H groups in total. The Morgan fingerprint density at radius 2 is 1.83 bits per heavy atom. The van der Waals surface area contributed by atoms with E-state index in [1.54, 1.807) is 7.11 Å². The van der Waals surface area contributed by atoms with Crippen molar-refractivity contribution >= 4 is 5.95 Å². The molecule has 0 aliphatic heterocycles. The number of ether oxygens (including phenoxy) is 2. The van der Waals surface area contributed by atoms with Crippen LogP contribution in [0.4, 0.5) is 5.95 Å². The molecule has 0 saturated carbocycles. The fraction of sp³-hybridized carbons (Fsp3) is 0.250. The van der Waals surface area contributed by atoms with Gasteiger partial charge in [-0.2, -0.15) is 15.0 Å². The van der Waals surface area contributed by atoms with E-state index in [1.165, 1.54) is 0 Å². The SMILES string of the molecule is CCOc1nc(N)nc(-c2ccc(OC)cc2)n1. The van der Waals surface area contributed by atoms with Crippen LogP contribution in [0.3, 0.4) is 0 Å². The summed E-state index contributed by atoms with van der Waals surface area (Å²) in [5, 5.41) is 0. The number of nitrogen functional groups attached to an aromatic ring is 1. The van der Waals surface area contributed by atoms with Crippen LogP contribution < -0.4 is 15.2 Å². The van der Waals surface area contributed by atoms with Gasteiger partial charge in [-0.05, 0) is 31.2 Å². The number of nitrogens with two attached hydrogens (primary N) is 1. The highest BCUT2D eigenvalue weighted by Gasteiger charge is 2.07. The van der Waals surface area contributed by atoms with Gasteiger partial charge in [0.15, 0.2) is 5.82 Å². The molecule has 18 heavy (non-hydrogen) atoms. The molecule has 1 aromatic carbocycles. The quantitative estimate of drug-likeness (QED) is 0.880. The van der Waals surface area contributed by atoms with Crippen LogP contribution >= 0.6 is 0 Å². The van der Waals surface area contributed by atoms with Gasteiger partial charge in [0.05, 0.1) is 13.7 Å². The first-order chi connectivity index (χ1) is 8.72. The van der Waals surface area contributed by atoms with Gasteiger partial charge >= 0.3 is 6.01 Å². The first kappa shape index (κ1) is 12.1. The van der Waals surface area contributed by atoms with Gasteiger partial charge in [-0.1, -0.05) is 0 Å². The second kappa shape index (κ2) is 5.31. The third-order valence-electron chi connectivity index (χ3n) is 2.25. The molecule has 0 radical (unpaired) electrons. The van der Waals surface area contributed by atoms with Gasteiger partial charge in [0.1, 0.15) is 5.75 Å². The van der Waals surface area contributed by atoms with Crippen molar-refractivity contribution in [1.29, 1.82) is 0 Å². The predicted molar refractivity (Wildman–Crippen MR) is 67.4 cm³/mol. The van der Waals surface area contributed by atoms with E-state index in [0.29, 0.717) is 12.4 Å². The van der Waals surface area contributed by atoms with Crippen LogP contribution in [-0.2, 0) is 0 Å². The van der Waals surface area contributed by atoms with Crippen molar-refractivity contribution in [1.82, 2.24) is 15.0 Å². The summed E-state index contributed by atoms with van der Waals surface area (Å²) in [5.74, 6) is 1.39. The molecule has 0 spiro atoms. The van der Waals surface area contributed by atoms with Gasteiger partial charge in [-0.3, -0.25) is 0 Å². The molecule has 0 aliphatic rings. The van der Waals surface area contributed by atoms with Crippen molar-refractivity contribution in [2.75, 3.05) is 19.5 Å². The second-order valence-electron chi connectivity index (χ2n) is 3.46. The Balaban J connectivity index is 2.36. The van der Waals surface area contributed by atoms with Gasteiger partial charge in [-0.25, -0.2) is 0 Å². The summed E-state index contributed by atoms with van der Waals surface area (Å²) in [6.07, 6.45) is 0. The number of hydrogen-bond acceptors (Lipinski definition) is 6. The molecule has 0 saturated heterocycles. The first-order valence-corrected chi connectivity index (χ1v) is 5.51. The van der Waals surface area contributed by atoms with Gasteiger partial charge in [0.2, 0.25) is 5.95 Å². The zero-order valence-electron chi connectivity index (χ0n) is 10.3. The fourth-order valence-electron chi connectivity index (χ4n) is 1.43. The lowest BCUT2D eigenvalue weighted by molar-refractivity contribution is 0.312. The molecule has 0 fully saturated rings. The minimum atomic E-state index is 0.138. The zero-order valence-corrected chi connectivity index (χ0v) is 10.3. The molecule has 6 nitrogen and oxygen atoms in total. The van der Waals surface area contributed by atoms with E-state index in [9.17, 15) is 0 Å². The highest BCUT2D eigenvalue weighted by Crippen LogP contribution is 2.20. The molecular formula is C12H14N4O2. The van der Waals surface area contributed by atoms with Crippen LogP contribution in [-0.4, -0.2) is 28.7 Å². The zero-order chi connectivity index (χ0) is 13.0. The molecule has 0 bridgehead atoms. The minimum Gasteiger partial charge on any atom is -0.497 e. The summed E-state index contributed by atoms with van der Waals surface area (Å²) in [4.78, 5) is 12.2. The van der Waals surface area contributed by atoms with Crippen molar-refractivity contribution in [2.45, 2.75) is 6.92 Å². The van der Waals surface area contributed by atoms with Crippen LogP contribution in [0.1, 0.15) is 6.92 Å². The minimum absolute atomic E-state index is 0.138. The van der Waals surface area contributed by atoms with Crippen molar-refractivity contribution in [3.8, 4) is 23.1 Å². The Hall–Kier alpha value is -2.37. The lowest BCUT2D eigenvalue weighted by atomic mass is 10.2. The van der Waals surface area contributed by atoms with Crippen LogP contribution in [0.5, 0.6) is 11.8 Å². The van der Waals surface area contributed by atoms with Gasteiger partial charge in [0.25, 0.3) is 0 Å². The van der Waals surface area contributed by atoms with E-state index < -0.39 is 0 Å². The fourth-order valence-corrected chi connectivity index (χ4v) is 1.43. The molecule has 2 aromatic rings. The maximum atomic E-state index is 5.62. The standard InChI is InChI=1S/C12H14N4O2/c1-3-18-12-15-10(14-11(13)16-12)8-4-6-9(17-2)7-5-8/h4-7H,3H2,1-2H3,(H2,13,14,15,16). The Morgan fingerprint density at radius 3 is 2.44 bits per heavy atom. The van der Waals surface area contributed by atoms with Gasteiger partial charge in [-0.15, -0.1) is 0 Å². The average Bonchev–Trinajstić information content (AvgIpc) is 2.38. The Labute approximate surface area is 105 Å². The average molecular weight is 246 g/mol. The smallest absolute Gasteiger partial charge is 0.321 e. The lowest BCUT2D eigenvalue weighted by Crippen LogP contribution is -2.04. The molecule has 94 valence electrons.